The van der Waals surface area contributed by atoms with Crippen LogP contribution in [0, 0.1) is 0 Å². The quantitative estimate of drug-likeness (QED) is 0.234. The molecule has 176 valence electrons. The van der Waals surface area contributed by atoms with E-state index < -0.39 is 20.3 Å². The van der Waals surface area contributed by atoms with Gasteiger partial charge in [0.1, 0.15) is 10.5 Å². The molecule has 2 atom stereocenters. The molecule has 5 heteroatoms. The van der Waals surface area contributed by atoms with E-state index in [-0.39, 0.29) is 0 Å². The third-order valence-electron chi connectivity index (χ3n) is 5.63. The maximum Gasteiger partial charge on any atom is 0.171 e. The monoisotopic (exact) mass is 518 g/mol. The number of rotatable bonds is 8. The average molecular weight is 519 g/mol. The second kappa shape index (κ2) is 11.5. The van der Waals surface area contributed by atoms with Gasteiger partial charge in [-0.25, -0.2) is 8.42 Å². The van der Waals surface area contributed by atoms with Crippen molar-refractivity contribution in [3.8, 4) is 0 Å². The number of hydrogen-bond donors (Lipinski definition) is 0. The largest absolute Gasteiger partial charge is 0.227 e. The molecule has 2 nitrogen and oxygen atoms in total. The molecule has 0 heterocycles. The second-order valence-electron chi connectivity index (χ2n) is 8.07. The van der Waals surface area contributed by atoms with Crippen molar-refractivity contribution in [2.24, 2.45) is 0 Å². The Kier molecular flexibility index (Phi) is 8.25. The predicted octanol–water partition coefficient (Wildman–Crippen LogP) is 8.62. The molecule has 0 radical (unpaired) electrons. The van der Waals surface area contributed by atoms with Crippen molar-refractivity contribution in [3.63, 3.8) is 0 Å². The second-order valence-corrected chi connectivity index (χ2v) is 11.1. The average Bonchev–Trinajstić information content (AvgIpc) is 2.87. The fraction of sp³-hybridized carbons (Fsp3) is 0.0667. The number of benzene rings is 4. The van der Waals surface area contributed by atoms with Crippen molar-refractivity contribution in [3.05, 3.63) is 154 Å². The first-order chi connectivity index (χ1) is 16.9. The Labute approximate surface area is 217 Å². The Bertz CT molecular complexity index is 1290. The van der Waals surface area contributed by atoms with Gasteiger partial charge >= 0.3 is 0 Å². The lowest BCUT2D eigenvalue weighted by molar-refractivity contribution is 0.584. The van der Waals surface area contributed by atoms with Crippen LogP contribution in [-0.2, 0) is 9.84 Å². The summed E-state index contributed by atoms with van der Waals surface area (Å²) >= 11 is 12.2. The molecule has 0 aromatic heterocycles. The summed E-state index contributed by atoms with van der Waals surface area (Å²) in [4.78, 5) is 0. The lowest BCUT2D eigenvalue weighted by atomic mass is 10.1. The van der Waals surface area contributed by atoms with Crippen molar-refractivity contribution in [2.75, 3.05) is 0 Å². The minimum atomic E-state index is -3.80. The molecule has 0 bridgehead atoms. The topological polar surface area (TPSA) is 34.1 Å². The standard InChI is InChI=1S/C30H24Cl2O2S/c31-27-17-13-25(14-18-27)29(21-11-23-7-3-1-4-8-23)35(33,34)30(26-15-19-28(32)20-16-26)22-12-24-9-5-2-6-10-24/h1-22,29-30H/b21-11-,22-12-. The van der Waals surface area contributed by atoms with Gasteiger partial charge in [-0.2, -0.15) is 0 Å². The van der Waals surface area contributed by atoms with Crippen LogP contribution < -0.4 is 0 Å². The number of halogens is 2. The Morgan fingerprint density at radius 3 is 1.20 bits per heavy atom. The van der Waals surface area contributed by atoms with Crippen LogP contribution in [0.25, 0.3) is 12.2 Å². The summed E-state index contributed by atoms with van der Waals surface area (Å²) in [6.45, 7) is 0. The first-order valence-corrected chi connectivity index (χ1v) is 13.5. The van der Waals surface area contributed by atoms with Gasteiger partial charge in [-0.3, -0.25) is 0 Å². The Hall–Kier alpha value is -3.11. The minimum absolute atomic E-state index is 0.551. The molecule has 0 amide bonds. The molecule has 0 aliphatic heterocycles. The van der Waals surface area contributed by atoms with Crippen molar-refractivity contribution in [1.82, 2.24) is 0 Å². The fourth-order valence-electron chi connectivity index (χ4n) is 3.81. The van der Waals surface area contributed by atoms with Gasteiger partial charge in [-0.1, -0.05) is 132 Å². The molecule has 0 N–H and O–H groups in total. The van der Waals surface area contributed by atoms with E-state index in [4.69, 9.17) is 23.2 Å². The van der Waals surface area contributed by atoms with Crippen LogP contribution >= 0.6 is 23.2 Å². The smallest absolute Gasteiger partial charge is 0.171 e. The highest BCUT2D eigenvalue weighted by atomic mass is 35.5. The summed E-state index contributed by atoms with van der Waals surface area (Å²) in [5.41, 5.74) is 3.14. The van der Waals surface area contributed by atoms with Crippen LogP contribution in [0.15, 0.2) is 121 Å². The Morgan fingerprint density at radius 1 is 0.514 bits per heavy atom. The highest BCUT2D eigenvalue weighted by molar-refractivity contribution is 7.92. The number of sulfone groups is 1. The maximum absolute atomic E-state index is 14.3. The first kappa shape index (κ1) is 25.0. The maximum atomic E-state index is 14.3. The summed E-state index contributed by atoms with van der Waals surface area (Å²) in [5, 5.41) is -0.674. The zero-order valence-electron chi connectivity index (χ0n) is 18.8. The SMILES string of the molecule is O=S(=O)(C(/C=C\c1ccccc1)c1ccc(Cl)cc1)C(/C=C\c1ccccc1)c1ccc(Cl)cc1. The summed E-state index contributed by atoms with van der Waals surface area (Å²) in [5.74, 6) is 0. The van der Waals surface area contributed by atoms with Crippen LogP contribution in [0.3, 0.4) is 0 Å². The van der Waals surface area contributed by atoms with Gasteiger partial charge in [0, 0.05) is 10.0 Å². The van der Waals surface area contributed by atoms with E-state index in [0.717, 1.165) is 11.1 Å². The minimum Gasteiger partial charge on any atom is -0.227 e. The van der Waals surface area contributed by atoms with E-state index in [1.54, 1.807) is 60.7 Å². The molecule has 0 aliphatic carbocycles. The lowest BCUT2D eigenvalue weighted by Gasteiger charge is -2.22. The van der Waals surface area contributed by atoms with Crippen LogP contribution in [0.5, 0.6) is 0 Å². The highest BCUT2D eigenvalue weighted by Gasteiger charge is 2.33. The Morgan fingerprint density at radius 2 is 0.857 bits per heavy atom. The molecule has 2 unspecified atom stereocenters. The van der Waals surface area contributed by atoms with Crippen molar-refractivity contribution < 1.29 is 8.42 Å². The van der Waals surface area contributed by atoms with Gasteiger partial charge in [-0.05, 0) is 46.5 Å². The molecule has 0 saturated heterocycles. The number of hydrogen-bond acceptors (Lipinski definition) is 2. The van der Waals surface area contributed by atoms with Crippen molar-refractivity contribution >= 4 is 45.2 Å². The van der Waals surface area contributed by atoms with Gasteiger partial charge in [0.05, 0.1) is 0 Å². The molecule has 4 aromatic carbocycles. The van der Waals surface area contributed by atoms with Crippen LogP contribution in [-0.4, -0.2) is 8.42 Å². The van der Waals surface area contributed by atoms with E-state index in [2.05, 4.69) is 0 Å². The van der Waals surface area contributed by atoms with E-state index in [0.29, 0.717) is 21.2 Å². The van der Waals surface area contributed by atoms with Crippen LogP contribution in [0.1, 0.15) is 32.8 Å². The van der Waals surface area contributed by atoms with E-state index in [1.165, 1.54) is 0 Å². The molecule has 4 rings (SSSR count). The molecule has 4 aromatic rings. The molecule has 0 saturated carbocycles. The zero-order chi connectivity index (χ0) is 24.7. The van der Waals surface area contributed by atoms with E-state index in [1.807, 2.05) is 72.8 Å². The summed E-state index contributed by atoms with van der Waals surface area (Å²) in [7, 11) is -3.80. The van der Waals surface area contributed by atoms with Gasteiger partial charge in [-0.15, -0.1) is 0 Å². The molecule has 0 fully saturated rings. The van der Waals surface area contributed by atoms with E-state index >= 15 is 0 Å². The van der Waals surface area contributed by atoms with Crippen LogP contribution in [0.4, 0.5) is 0 Å². The van der Waals surface area contributed by atoms with Crippen molar-refractivity contribution in [2.45, 2.75) is 10.5 Å². The van der Waals surface area contributed by atoms with Crippen LogP contribution in [0.2, 0.25) is 10.0 Å². The highest BCUT2D eigenvalue weighted by Crippen LogP contribution is 2.38. The van der Waals surface area contributed by atoms with Gasteiger partial charge < -0.3 is 0 Å². The molecule has 0 aliphatic rings. The normalized spacial score (nSPS) is 13.8. The zero-order valence-corrected chi connectivity index (χ0v) is 21.2. The predicted molar refractivity (Wildman–Crippen MR) is 148 cm³/mol. The first-order valence-electron chi connectivity index (χ1n) is 11.1. The Balaban J connectivity index is 1.82. The molecule has 0 spiro atoms. The third kappa shape index (κ3) is 6.52. The molecular formula is C30H24Cl2O2S. The summed E-state index contributed by atoms with van der Waals surface area (Å²) < 4.78 is 28.6. The summed E-state index contributed by atoms with van der Waals surface area (Å²) in [6.07, 6.45) is 7.17. The third-order valence-corrected chi connectivity index (χ3v) is 8.41. The van der Waals surface area contributed by atoms with E-state index in [9.17, 15) is 8.42 Å². The van der Waals surface area contributed by atoms with Crippen molar-refractivity contribution in [1.29, 1.82) is 0 Å². The summed E-state index contributed by atoms with van der Waals surface area (Å²) in [6, 6.07) is 33.2. The fourth-order valence-corrected chi connectivity index (χ4v) is 6.04. The van der Waals surface area contributed by atoms with Gasteiger partial charge in [0.25, 0.3) is 0 Å². The molecule has 35 heavy (non-hydrogen) atoms. The lowest BCUT2D eigenvalue weighted by Crippen LogP contribution is -2.19. The molecular weight excluding hydrogens is 495 g/mol. The van der Waals surface area contributed by atoms with Gasteiger partial charge in [0.2, 0.25) is 0 Å². The van der Waals surface area contributed by atoms with Gasteiger partial charge in [0.15, 0.2) is 9.84 Å².